The van der Waals surface area contributed by atoms with Crippen molar-refractivity contribution in [2.45, 2.75) is 12.8 Å². The van der Waals surface area contributed by atoms with Crippen LogP contribution in [0, 0.1) is 11.8 Å². The van der Waals surface area contributed by atoms with Crippen molar-refractivity contribution < 1.29 is 4.79 Å². The van der Waals surface area contributed by atoms with E-state index < -0.39 is 0 Å². The van der Waals surface area contributed by atoms with Crippen LogP contribution >= 0.6 is 0 Å². The molecule has 0 aromatic heterocycles. The summed E-state index contributed by atoms with van der Waals surface area (Å²) in [5, 5.41) is 6.37. The first kappa shape index (κ1) is 10.9. The second kappa shape index (κ2) is 4.94. The number of carbonyl (C=O) groups excluding carboxylic acids is 1. The SMILES string of the molecule is CNCC1CCN(C(=O)C2CNC2)CC1. The Morgan fingerprint density at radius 3 is 2.53 bits per heavy atom. The van der Waals surface area contributed by atoms with E-state index in [1.54, 1.807) is 0 Å². The Bertz CT molecular complexity index is 220. The molecule has 4 heteroatoms. The van der Waals surface area contributed by atoms with Crippen LogP contribution in [0.4, 0.5) is 0 Å². The number of amides is 1. The number of hydrogen-bond donors (Lipinski definition) is 2. The van der Waals surface area contributed by atoms with Crippen LogP contribution in [0.25, 0.3) is 0 Å². The summed E-state index contributed by atoms with van der Waals surface area (Å²) in [6.45, 7) is 4.78. The Morgan fingerprint density at radius 1 is 1.40 bits per heavy atom. The van der Waals surface area contributed by atoms with Crippen LogP contribution in [-0.2, 0) is 4.79 Å². The standard InChI is InChI=1S/C11H21N3O/c1-12-6-9-2-4-14(5-3-9)11(15)10-7-13-8-10/h9-10,12-13H,2-8H2,1H3. The molecule has 0 bridgehead atoms. The molecule has 0 aromatic carbocycles. The van der Waals surface area contributed by atoms with E-state index in [1.165, 1.54) is 0 Å². The summed E-state index contributed by atoms with van der Waals surface area (Å²) < 4.78 is 0. The van der Waals surface area contributed by atoms with Gasteiger partial charge < -0.3 is 15.5 Å². The number of likely N-dealkylation sites (tertiary alicyclic amines) is 1. The normalized spacial score (nSPS) is 23.9. The molecule has 0 saturated carbocycles. The molecule has 0 aromatic rings. The molecule has 2 aliphatic rings. The zero-order valence-electron chi connectivity index (χ0n) is 9.46. The second-order valence-electron chi connectivity index (χ2n) is 4.68. The lowest BCUT2D eigenvalue weighted by atomic mass is 9.94. The first-order valence-electron chi connectivity index (χ1n) is 5.95. The van der Waals surface area contributed by atoms with Gasteiger partial charge in [-0.2, -0.15) is 0 Å². The third-order valence-corrected chi connectivity index (χ3v) is 3.55. The first-order chi connectivity index (χ1) is 7.31. The van der Waals surface area contributed by atoms with E-state index in [0.29, 0.717) is 5.91 Å². The fourth-order valence-corrected chi connectivity index (χ4v) is 2.37. The molecule has 1 amide bonds. The topological polar surface area (TPSA) is 44.4 Å². The van der Waals surface area contributed by atoms with Gasteiger partial charge in [0.25, 0.3) is 0 Å². The third-order valence-electron chi connectivity index (χ3n) is 3.55. The van der Waals surface area contributed by atoms with Crippen molar-refractivity contribution in [3.63, 3.8) is 0 Å². The predicted octanol–water partition coefficient (Wildman–Crippen LogP) is -0.336. The monoisotopic (exact) mass is 211 g/mol. The maximum absolute atomic E-state index is 11.9. The average molecular weight is 211 g/mol. The Labute approximate surface area is 91.4 Å². The highest BCUT2D eigenvalue weighted by Gasteiger charge is 2.31. The van der Waals surface area contributed by atoms with E-state index in [0.717, 1.165) is 51.5 Å². The molecule has 86 valence electrons. The highest BCUT2D eigenvalue weighted by atomic mass is 16.2. The molecule has 0 spiro atoms. The lowest BCUT2D eigenvalue weighted by Crippen LogP contribution is -2.53. The summed E-state index contributed by atoms with van der Waals surface area (Å²) in [4.78, 5) is 14.0. The molecular weight excluding hydrogens is 190 g/mol. The molecule has 2 fully saturated rings. The maximum atomic E-state index is 11.9. The van der Waals surface area contributed by atoms with E-state index in [9.17, 15) is 4.79 Å². The first-order valence-corrected chi connectivity index (χ1v) is 5.95. The van der Waals surface area contributed by atoms with Crippen molar-refractivity contribution in [2.75, 3.05) is 39.8 Å². The van der Waals surface area contributed by atoms with Gasteiger partial charge in [0.15, 0.2) is 0 Å². The molecular formula is C11H21N3O. The van der Waals surface area contributed by atoms with Crippen LogP contribution in [0.2, 0.25) is 0 Å². The lowest BCUT2D eigenvalue weighted by molar-refractivity contribution is -0.138. The smallest absolute Gasteiger partial charge is 0.228 e. The van der Waals surface area contributed by atoms with E-state index in [4.69, 9.17) is 0 Å². The highest BCUT2D eigenvalue weighted by molar-refractivity contribution is 5.80. The Balaban J connectivity index is 1.74. The molecule has 0 aliphatic carbocycles. The van der Waals surface area contributed by atoms with Gasteiger partial charge in [0, 0.05) is 26.2 Å². The van der Waals surface area contributed by atoms with Gasteiger partial charge in [-0.15, -0.1) is 0 Å². The average Bonchev–Trinajstić information content (AvgIpc) is 2.16. The lowest BCUT2D eigenvalue weighted by Gasteiger charge is -2.36. The van der Waals surface area contributed by atoms with Gasteiger partial charge in [0.1, 0.15) is 0 Å². The second-order valence-corrected chi connectivity index (χ2v) is 4.68. The van der Waals surface area contributed by atoms with Crippen LogP contribution in [0.15, 0.2) is 0 Å². The minimum atomic E-state index is 0.269. The van der Waals surface area contributed by atoms with E-state index >= 15 is 0 Å². The number of carbonyl (C=O) groups is 1. The number of hydrogen-bond acceptors (Lipinski definition) is 3. The largest absolute Gasteiger partial charge is 0.342 e. The molecule has 2 aliphatic heterocycles. The Hall–Kier alpha value is -0.610. The van der Waals surface area contributed by atoms with Gasteiger partial charge >= 0.3 is 0 Å². The van der Waals surface area contributed by atoms with Crippen molar-refractivity contribution >= 4 is 5.91 Å². The molecule has 2 heterocycles. The fourth-order valence-electron chi connectivity index (χ4n) is 2.37. The summed E-state index contributed by atoms with van der Waals surface area (Å²) in [6, 6.07) is 0. The maximum Gasteiger partial charge on any atom is 0.228 e. The molecule has 2 N–H and O–H groups in total. The molecule has 0 radical (unpaired) electrons. The Morgan fingerprint density at radius 2 is 2.07 bits per heavy atom. The molecule has 2 saturated heterocycles. The number of nitrogens with zero attached hydrogens (tertiary/aromatic N) is 1. The summed E-state index contributed by atoms with van der Waals surface area (Å²) in [6.07, 6.45) is 2.32. The predicted molar refractivity (Wildman–Crippen MR) is 59.6 cm³/mol. The van der Waals surface area contributed by atoms with E-state index in [2.05, 4.69) is 15.5 Å². The van der Waals surface area contributed by atoms with E-state index in [-0.39, 0.29) is 5.92 Å². The van der Waals surface area contributed by atoms with Crippen LogP contribution in [0.1, 0.15) is 12.8 Å². The third kappa shape index (κ3) is 2.49. The summed E-state index contributed by atoms with van der Waals surface area (Å²) >= 11 is 0. The fraction of sp³-hybridized carbons (Fsp3) is 0.909. The summed E-state index contributed by atoms with van der Waals surface area (Å²) in [5.74, 6) is 1.40. The van der Waals surface area contributed by atoms with Crippen molar-refractivity contribution in [3.05, 3.63) is 0 Å². The van der Waals surface area contributed by atoms with Crippen molar-refractivity contribution in [3.8, 4) is 0 Å². The number of rotatable bonds is 3. The van der Waals surface area contributed by atoms with Crippen molar-refractivity contribution in [2.24, 2.45) is 11.8 Å². The van der Waals surface area contributed by atoms with Gasteiger partial charge in [0.2, 0.25) is 5.91 Å². The quantitative estimate of drug-likeness (QED) is 0.671. The minimum Gasteiger partial charge on any atom is -0.342 e. The molecule has 0 unspecified atom stereocenters. The molecule has 4 nitrogen and oxygen atoms in total. The van der Waals surface area contributed by atoms with E-state index in [1.807, 2.05) is 7.05 Å². The van der Waals surface area contributed by atoms with Crippen molar-refractivity contribution in [1.82, 2.24) is 15.5 Å². The van der Waals surface area contributed by atoms with Gasteiger partial charge in [-0.05, 0) is 32.4 Å². The molecule has 0 atom stereocenters. The zero-order chi connectivity index (χ0) is 10.7. The van der Waals surface area contributed by atoms with Crippen LogP contribution in [0.5, 0.6) is 0 Å². The van der Waals surface area contributed by atoms with Crippen LogP contribution in [-0.4, -0.2) is 50.6 Å². The van der Waals surface area contributed by atoms with Crippen LogP contribution in [0.3, 0.4) is 0 Å². The Kier molecular flexibility index (Phi) is 3.59. The highest BCUT2D eigenvalue weighted by Crippen LogP contribution is 2.19. The van der Waals surface area contributed by atoms with Crippen LogP contribution < -0.4 is 10.6 Å². The van der Waals surface area contributed by atoms with Crippen molar-refractivity contribution in [1.29, 1.82) is 0 Å². The summed E-state index contributed by atoms with van der Waals surface area (Å²) in [7, 11) is 2.00. The van der Waals surface area contributed by atoms with Gasteiger partial charge in [-0.3, -0.25) is 4.79 Å². The van der Waals surface area contributed by atoms with Gasteiger partial charge in [0.05, 0.1) is 5.92 Å². The molecule has 15 heavy (non-hydrogen) atoms. The molecule has 2 rings (SSSR count). The van der Waals surface area contributed by atoms with Gasteiger partial charge in [-0.1, -0.05) is 0 Å². The number of piperidine rings is 1. The zero-order valence-corrected chi connectivity index (χ0v) is 9.46. The van der Waals surface area contributed by atoms with Gasteiger partial charge in [-0.25, -0.2) is 0 Å². The minimum absolute atomic E-state index is 0.269. The summed E-state index contributed by atoms with van der Waals surface area (Å²) in [5.41, 5.74) is 0. The number of nitrogens with one attached hydrogen (secondary N) is 2.